The SMILES string of the molecule is COc1ccc([C@H]2C[C@@H]2C(=O)NCCc2ccccc2OC)cc1. The number of carbonyl (C=O) groups excluding carboxylic acids is 1. The number of nitrogens with one attached hydrogen (secondary N) is 1. The van der Waals surface area contributed by atoms with E-state index in [1.165, 1.54) is 5.56 Å². The van der Waals surface area contributed by atoms with E-state index in [1.807, 2.05) is 48.5 Å². The molecule has 2 aromatic carbocycles. The summed E-state index contributed by atoms with van der Waals surface area (Å²) in [7, 11) is 3.32. The van der Waals surface area contributed by atoms with E-state index in [2.05, 4.69) is 5.32 Å². The van der Waals surface area contributed by atoms with Gasteiger partial charge in [0.15, 0.2) is 0 Å². The van der Waals surface area contributed by atoms with Gasteiger partial charge in [-0.05, 0) is 48.1 Å². The number of carbonyl (C=O) groups is 1. The summed E-state index contributed by atoms with van der Waals surface area (Å²) in [6.45, 7) is 0.630. The van der Waals surface area contributed by atoms with Gasteiger partial charge in [-0.1, -0.05) is 30.3 Å². The van der Waals surface area contributed by atoms with Gasteiger partial charge in [0.05, 0.1) is 14.2 Å². The Balaban J connectivity index is 1.48. The van der Waals surface area contributed by atoms with Crippen LogP contribution in [0, 0.1) is 5.92 Å². The zero-order valence-electron chi connectivity index (χ0n) is 14.1. The normalized spacial score (nSPS) is 18.8. The molecule has 4 heteroatoms. The van der Waals surface area contributed by atoms with Gasteiger partial charge in [-0.2, -0.15) is 0 Å². The summed E-state index contributed by atoms with van der Waals surface area (Å²) in [4.78, 5) is 12.3. The molecule has 2 atom stereocenters. The van der Waals surface area contributed by atoms with Crippen molar-refractivity contribution >= 4 is 5.91 Å². The van der Waals surface area contributed by atoms with Gasteiger partial charge in [-0.25, -0.2) is 0 Å². The van der Waals surface area contributed by atoms with Crippen molar-refractivity contribution < 1.29 is 14.3 Å². The van der Waals surface area contributed by atoms with Gasteiger partial charge in [-0.15, -0.1) is 0 Å². The van der Waals surface area contributed by atoms with Crippen LogP contribution in [0.1, 0.15) is 23.5 Å². The molecule has 4 nitrogen and oxygen atoms in total. The lowest BCUT2D eigenvalue weighted by Crippen LogP contribution is -2.27. The molecule has 24 heavy (non-hydrogen) atoms. The van der Waals surface area contributed by atoms with Crippen LogP contribution in [0.25, 0.3) is 0 Å². The van der Waals surface area contributed by atoms with E-state index in [-0.39, 0.29) is 11.8 Å². The Bertz CT molecular complexity index is 696. The molecule has 126 valence electrons. The van der Waals surface area contributed by atoms with Gasteiger partial charge >= 0.3 is 0 Å². The third-order valence-corrected chi connectivity index (χ3v) is 4.56. The van der Waals surface area contributed by atoms with E-state index in [4.69, 9.17) is 9.47 Å². The first-order valence-corrected chi connectivity index (χ1v) is 8.26. The van der Waals surface area contributed by atoms with Crippen LogP contribution >= 0.6 is 0 Å². The second-order valence-electron chi connectivity index (χ2n) is 6.07. The van der Waals surface area contributed by atoms with Crippen molar-refractivity contribution in [2.24, 2.45) is 5.92 Å². The molecule has 0 heterocycles. The molecule has 0 aromatic heterocycles. The molecular formula is C20H23NO3. The summed E-state index contributed by atoms with van der Waals surface area (Å²) >= 11 is 0. The van der Waals surface area contributed by atoms with Crippen LogP contribution in [0.3, 0.4) is 0 Å². The van der Waals surface area contributed by atoms with E-state index in [1.54, 1.807) is 14.2 Å². The van der Waals surface area contributed by atoms with Crippen molar-refractivity contribution in [2.45, 2.75) is 18.8 Å². The maximum atomic E-state index is 12.3. The summed E-state index contributed by atoms with van der Waals surface area (Å²) in [5, 5.41) is 3.05. The van der Waals surface area contributed by atoms with Crippen molar-refractivity contribution in [1.82, 2.24) is 5.32 Å². The monoisotopic (exact) mass is 325 g/mol. The average molecular weight is 325 g/mol. The number of para-hydroxylation sites is 1. The molecule has 1 amide bonds. The zero-order valence-corrected chi connectivity index (χ0v) is 14.1. The third kappa shape index (κ3) is 3.70. The molecule has 0 spiro atoms. The molecular weight excluding hydrogens is 302 g/mol. The summed E-state index contributed by atoms with van der Waals surface area (Å²) in [5.41, 5.74) is 2.32. The first-order valence-electron chi connectivity index (χ1n) is 8.26. The summed E-state index contributed by atoms with van der Waals surface area (Å²) in [5.74, 6) is 2.29. The van der Waals surface area contributed by atoms with Gasteiger partial charge < -0.3 is 14.8 Å². The predicted octanol–water partition coefficient (Wildman–Crippen LogP) is 3.17. The Morgan fingerprint density at radius 3 is 2.54 bits per heavy atom. The highest BCUT2D eigenvalue weighted by molar-refractivity contribution is 5.82. The van der Waals surface area contributed by atoms with Gasteiger partial charge in [0, 0.05) is 12.5 Å². The number of ether oxygens (including phenoxy) is 2. The van der Waals surface area contributed by atoms with Crippen LogP contribution in [0.2, 0.25) is 0 Å². The first kappa shape index (κ1) is 16.4. The van der Waals surface area contributed by atoms with E-state index in [0.717, 1.165) is 29.9 Å². The molecule has 0 unspecified atom stereocenters. The molecule has 1 N–H and O–H groups in total. The maximum absolute atomic E-state index is 12.3. The Labute approximate surface area is 142 Å². The Morgan fingerprint density at radius 2 is 1.83 bits per heavy atom. The van der Waals surface area contributed by atoms with E-state index in [9.17, 15) is 4.79 Å². The number of hydrogen-bond acceptors (Lipinski definition) is 3. The molecule has 3 rings (SSSR count). The minimum Gasteiger partial charge on any atom is -0.497 e. The van der Waals surface area contributed by atoms with E-state index < -0.39 is 0 Å². The lowest BCUT2D eigenvalue weighted by atomic mass is 10.1. The third-order valence-electron chi connectivity index (χ3n) is 4.56. The fourth-order valence-corrected chi connectivity index (χ4v) is 3.07. The molecule has 0 aliphatic heterocycles. The molecule has 0 radical (unpaired) electrons. The average Bonchev–Trinajstić information content (AvgIpc) is 3.43. The van der Waals surface area contributed by atoms with Crippen LogP contribution in [-0.4, -0.2) is 26.7 Å². The van der Waals surface area contributed by atoms with Crippen LogP contribution in [0.15, 0.2) is 48.5 Å². The lowest BCUT2D eigenvalue weighted by molar-refractivity contribution is -0.122. The second kappa shape index (κ2) is 7.39. The summed E-state index contributed by atoms with van der Waals surface area (Å²) < 4.78 is 10.5. The summed E-state index contributed by atoms with van der Waals surface area (Å²) in [6, 6.07) is 15.9. The number of rotatable bonds is 7. The second-order valence-corrected chi connectivity index (χ2v) is 6.07. The van der Waals surface area contributed by atoms with E-state index in [0.29, 0.717) is 12.5 Å². The number of hydrogen-bond donors (Lipinski definition) is 1. The quantitative estimate of drug-likeness (QED) is 0.850. The minimum absolute atomic E-state index is 0.0936. The van der Waals surface area contributed by atoms with E-state index >= 15 is 0 Å². The first-order chi connectivity index (χ1) is 11.7. The smallest absolute Gasteiger partial charge is 0.223 e. The fraction of sp³-hybridized carbons (Fsp3) is 0.350. The Morgan fingerprint density at radius 1 is 1.08 bits per heavy atom. The van der Waals surface area contributed by atoms with Crippen LogP contribution < -0.4 is 14.8 Å². The van der Waals surface area contributed by atoms with Crippen LogP contribution in [0.4, 0.5) is 0 Å². The molecule has 1 saturated carbocycles. The maximum Gasteiger partial charge on any atom is 0.223 e. The zero-order chi connectivity index (χ0) is 16.9. The fourth-order valence-electron chi connectivity index (χ4n) is 3.07. The highest BCUT2D eigenvalue weighted by Gasteiger charge is 2.43. The number of benzene rings is 2. The van der Waals surface area contributed by atoms with Crippen LogP contribution in [-0.2, 0) is 11.2 Å². The number of amides is 1. The molecule has 1 fully saturated rings. The molecule has 0 saturated heterocycles. The standard InChI is InChI=1S/C20H23NO3/c1-23-16-9-7-14(8-10-16)17-13-18(17)20(22)21-12-11-15-5-3-4-6-19(15)24-2/h3-10,17-18H,11-13H2,1-2H3,(H,21,22)/t17-,18+/m1/s1. The van der Waals surface area contributed by atoms with Crippen LogP contribution in [0.5, 0.6) is 11.5 Å². The van der Waals surface area contributed by atoms with Gasteiger partial charge in [0.25, 0.3) is 0 Å². The molecule has 1 aliphatic rings. The molecule has 2 aromatic rings. The van der Waals surface area contributed by atoms with Crippen molar-refractivity contribution in [1.29, 1.82) is 0 Å². The van der Waals surface area contributed by atoms with Crippen molar-refractivity contribution in [3.05, 3.63) is 59.7 Å². The predicted molar refractivity (Wildman–Crippen MR) is 93.5 cm³/mol. The highest BCUT2D eigenvalue weighted by Crippen LogP contribution is 2.47. The summed E-state index contributed by atoms with van der Waals surface area (Å²) in [6.07, 6.45) is 1.70. The molecule has 0 bridgehead atoms. The minimum atomic E-state index is 0.0936. The van der Waals surface area contributed by atoms with Gasteiger partial charge in [0.2, 0.25) is 5.91 Å². The number of methoxy groups -OCH3 is 2. The Hall–Kier alpha value is -2.49. The van der Waals surface area contributed by atoms with Crippen molar-refractivity contribution in [3.63, 3.8) is 0 Å². The van der Waals surface area contributed by atoms with Gasteiger partial charge in [0.1, 0.15) is 11.5 Å². The topological polar surface area (TPSA) is 47.6 Å². The molecule has 1 aliphatic carbocycles. The van der Waals surface area contributed by atoms with Gasteiger partial charge in [-0.3, -0.25) is 4.79 Å². The Kier molecular flexibility index (Phi) is 5.04. The van der Waals surface area contributed by atoms with Crippen molar-refractivity contribution in [3.8, 4) is 11.5 Å². The largest absolute Gasteiger partial charge is 0.497 e. The van der Waals surface area contributed by atoms with Crippen molar-refractivity contribution in [2.75, 3.05) is 20.8 Å². The lowest BCUT2D eigenvalue weighted by Gasteiger charge is -2.09. The highest BCUT2D eigenvalue weighted by atomic mass is 16.5.